The van der Waals surface area contributed by atoms with Gasteiger partial charge in [-0.3, -0.25) is 20.0 Å². The third-order valence-electron chi connectivity index (χ3n) is 2.28. The van der Waals surface area contributed by atoms with E-state index in [1.54, 1.807) is 18.3 Å². The number of hydrogen-bond acceptors (Lipinski definition) is 4. The van der Waals surface area contributed by atoms with Crippen molar-refractivity contribution in [3.8, 4) is 0 Å². The standard InChI is InChI=1S/C10H12N4O2/c15-9-4-3-8(12-9)13-14-10(16)7-2-1-5-11-6-7/h1-2,5-6,8,13H,3-4H2,(H,12,15)(H,14,16). The van der Waals surface area contributed by atoms with Gasteiger partial charge < -0.3 is 5.32 Å². The summed E-state index contributed by atoms with van der Waals surface area (Å²) in [4.78, 5) is 26.3. The maximum Gasteiger partial charge on any atom is 0.267 e. The molecule has 6 heteroatoms. The molecule has 1 aliphatic rings. The maximum atomic E-state index is 11.6. The molecule has 1 unspecified atom stereocenters. The zero-order valence-corrected chi connectivity index (χ0v) is 8.56. The molecule has 0 aromatic carbocycles. The first-order chi connectivity index (χ1) is 7.75. The second-order valence-electron chi connectivity index (χ2n) is 3.50. The number of nitrogens with zero attached hydrogens (tertiary/aromatic N) is 1. The van der Waals surface area contributed by atoms with E-state index in [2.05, 4.69) is 21.2 Å². The second-order valence-corrected chi connectivity index (χ2v) is 3.50. The van der Waals surface area contributed by atoms with Crippen LogP contribution in [-0.2, 0) is 4.79 Å². The van der Waals surface area contributed by atoms with Crippen LogP contribution in [0.25, 0.3) is 0 Å². The Labute approximate surface area is 92.4 Å². The van der Waals surface area contributed by atoms with Crippen molar-refractivity contribution in [2.75, 3.05) is 0 Å². The van der Waals surface area contributed by atoms with E-state index in [0.29, 0.717) is 18.4 Å². The Morgan fingerprint density at radius 3 is 3.06 bits per heavy atom. The summed E-state index contributed by atoms with van der Waals surface area (Å²) in [6, 6.07) is 3.35. The Morgan fingerprint density at radius 1 is 1.56 bits per heavy atom. The largest absolute Gasteiger partial charge is 0.339 e. The third-order valence-corrected chi connectivity index (χ3v) is 2.28. The molecule has 84 valence electrons. The van der Waals surface area contributed by atoms with Gasteiger partial charge in [-0.05, 0) is 18.6 Å². The number of amides is 2. The predicted molar refractivity (Wildman–Crippen MR) is 56.0 cm³/mol. The highest BCUT2D eigenvalue weighted by molar-refractivity contribution is 5.93. The van der Waals surface area contributed by atoms with Crippen LogP contribution in [0.15, 0.2) is 24.5 Å². The first-order valence-electron chi connectivity index (χ1n) is 5.01. The summed E-state index contributed by atoms with van der Waals surface area (Å²) in [5.41, 5.74) is 5.74. The molecule has 1 aromatic rings. The molecule has 1 atom stereocenters. The van der Waals surface area contributed by atoms with Gasteiger partial charge in [-0.1, -0.05) is 0 Å². The first-order valence-corrected chi connectivity index (χ1v) is 5.01. The highest BCUT2D eigenvalue weighted by Gasteiger charge is 2.20. The summed E-state index contributed by atoms with van der Waals surface area (Å²) >= 11 is 0. The van der Waals surface area contributed by atoms with Gasteiger partial charge in [0.15, 0.2) is 0 Å². The van der Waals surface area contributed by atoms with Gasteiger partial charge in [-0.2, -0.15) is 0 Å². The summed E-state index contributed by atoms with van der Waals surface area (Å²) in [6.07, 6.45) is 4.05. The lowest BCUT2D eigenvalue weighted by Gasteiger charge is -2.13. The van der Waals surface area contributed by atoms with Gasteiger partial charge in [-0.15, -0.1) is 0 Å². The van der Waals surface area contributed by atoms with Gasteiger partial charge in [0.1, 0.15) is 0 Å². The van der Waals surface area contributed by atoms with Crippen molar-refractivity contribution in [3.05, 3.63) is 30.1 Å². The van der Waals surface area contributed by atoms with Gasteiger partial charge in [0.25, 0.3) is 5.91 Å². The van der Waals surface area contributed by atoms with Gasteiger partial charge in [0, 0.05) is 18.8 Å². The highest BCUT2D eigenvalue weighted by atomic mass is 16.2. The fraction of sp³-hybridized carbons (Fsp3) is 0.300. The van der Waals surface area contributed by atoms with Crippen LogP contribution >= 0.6 is 0 Å². The van der Waals surface area contributed by atoms with Crippen LogP contribution in [0.5, 0.6) is 0 Å². The molecule has 0 bridgehead atoms. The average molecular weight is 220 g/mol. The molecule has 0 spiro atoms. The molecule has 2 rings (SSSR count). The predicted octanol–water partition coefficient (Wildman–Crippen LogP) is -0.448. The molecular formula is C10H12N4O2. The Morgan fingerprint density at radius 2 is 2.44 bits per heavy atom. The quantitative estimate of drug-likeness (QED) is 0.603. The minimum atomic E-state index is -0.269. The average Bonchev–Trinajstić information content (AvgIpc) is 2.73. The molecule has 2 amide bonds. The van der Waals surface area contributed by atoms with Crippen molar-refractivity contribution in [2.45, 2.75) is 19.0 Å². The first kappa shape index (κ1) is 10.6. The van der Waals surface area contributed by atoms with E-state index in [4.69, 9.17) is 0 Å². The van der Waals surface area contributed by atoms with Crippen LogP contribution in [0.4, 0.5) is 0 Å². The number of pyridine rings is 1. The van der Waals surface area contributed by atoms with E-state index in [9.17, 15) is 9.59 Å². The summed E-state index contributed by atoms with van der Waals surface area (Å²) in [5.74, 6) is -0.276. The van der Waals surface area contributed by atoms with E-state index < -0.39 is 0 Å². The lowest BCUT2D eigenvalue weighted by molar-refractivity contribution is -0.119. The minimum Gasteiger partial charge on any atom is -0.339 e. The Hall–Kier alpha value is -1.95. The summed E-state index contributed by atoms with van der Waals surface area (Å²) in [7, 11) is 0. The van der Waals surface area contributed by atoms with Crippen molar-refractivity contribution in [1.29, 1.82) is 0 Å². The zero-order chi connectivity index (χ0) is 11.4. The van der Waals surface area contributed by atoms with Gasteiger partial charge in [-0.25, -0.2) is 5.43 Å². The number of rotatable bonds is 3. The van der Waals surface area contributed by atoms with Crippen molar-refractivity contribution >= 4 is 11.8 Å². The third kappa shape index (κ3) is 2.54. The van der Waals surface area contributed by atoms with Gasteiger partial charge in [0.2, 0.25) is 5.91 Å². The topological polar surface area (TPSA) is 83.1 Å². The summed E-state index contributed by atoms with van der Waals surface area (Å²) in [5, 5.41) is 2.68. The molecule has 0 radical (unpaired) electrons. The molecule has 1 saturated heterocycles. The summed E-state index contributed by atoms with van der Waals surface area (Å²) < 4.78 is 0. The van der Waals surface area contributed by atoms with E-state index >= 15 is 0 Å². The number of carbonyl (C=O) groups is 2. The van der Waals surface area contributed by atoms with Crippen LogP contribution in [0.1, 0.15) is 23.2 Å². The van der Waals surface area contributed by atoms with E-state index in [-0.39, 0.29) is 18.0 Å². The Bertz CT molecular complexity index is 393. The normalized spacial score (nSPS) is 19.2. The molecular weight excluding hydrogens is 208 g/mol. The van der Waals surface area contributed by atoms with E-state index in [1.165, 1.54) is 6.20 Å². The smallest absolute Gasteiger partial charge is 0.267 e. The van der Waals surface area contributed by atoms with Crippen molar-refractivity contribution < 1.29 is 9.59 Å². The highest BCUT2D eigenvalue weighted by Crippen LogP contribution is 2.02. The van der Waals surface area contributed by atoms with Crippen molar-refractivity contribution in [1.82, 2.24) is 21.2 Å². The SMILES string of the molecule is O=C1CCC(NNC(=O)c2cccnc2)N1. The summed E-state index contributed by atoms with van der Waals surface area (Å²) in [6.45, 7) is 0. The van der Waals surface area contributed by atoms with Crippen LogP contribution in [0.3, 0.4) is 0 Å². The van der Waals surface area contributed by atoms with Crippen LogP contribution in [0, 0.1) is 0 Å². The minimum absolute atomic E-state index is 0.00636. The van der Waals surface area contributed by atoms with E-state index in [0.717, 1.165) is 0 Å². The van der Waals surface area contributed by atoms with Crippen LogP contribution < -0.4 is 16.2 Å². The monoisotopic (exact) mass is 220 g/mol. The maximum absolute atomic E-state index is 11.6. The molecule has 1 aliphatic heterocycles. The lowest BCUT2D eigenvalue weighted by atomic mass is 10.3. The number of nitrogens with one attached hydrogen (secondary N) is 3. The van der Waals surface area contributed by atoms with E-state index in [1.807, 2.05) is 0 Å². The molecule has 3 N–H and O–H groups in total. The number of aromatic nitrogens is 1. The zero-order valence-electron chi connectivity index (χ0n) is 8.56. The molecule has 6 nitrogen and oxygen atoms in total. The molecule has 16 heavy (non-hydrogen) atoms. The molecule has 1 fully saturated rings. The second kappa shape index (κ2) is 4.71. The van der Waals surface area contributed by atoms with Gasteiger partial charge in [0.05, 0.1) is 11.7 Å². The van der Waals surface area contributed by atoms with Crippen LogP contribution in [0.2, 0.25) is 0 Å². The molecule has 2 heterocycles. The lowest BCUT2D eigenvalue weighted by Crippen LogP contribution is -2.49. The fourth-order valence-electron chi connectivity index (χ4n) is 1.44. The fourth-order valence-corrected chi connectivity index (χ4v) is 1.44. The van der Waals surface area contributed by atoms with Crippen molar-refractivity contribution in [3.63, 3.8) is 0 Å². The number of carbonyl (C=O) groups excluding carboxylic acids is 2. The molecule has 0 aliphatic carbocycles. The number of hydrogen-bond donors (Lipinski definition) is 3. The Kier molecular flexibility index (Phi) is 3.11. The van der Waals surface area contributed by atoms with Crippen molar-refractivity contribution in [2.24, 2.45) is 0 Å². The number of hydrazine groups is 1. The molecule has 0 saturated carbocycles. The molecule has 1 aromatic heterocycles. The Balaban J connectivity index is 1.82. The van der Waals surface area contributed by atoms with Crippen LogP contribution in [-0.4, -0.2) is 23.0 Å². The van der Waals surface area contributed by atoms with Gasteiger partial charge >= 0.3 is 0 Å².